The Balaban J connectivity index is 1.95. The van der Waals surface area contributed by atoms with Gasteiger partial charge < -0.3 is 4.90 Å². The molecule has 31 heavy (non-hydrogen) atoms. The Morgan fingerprint density at radius 3 is 2.35 bits per heavy atom. The van der Waals surface area contributed by atoms with Gasteiger partial charge in [0.15, 0.2) is 17.2 Å². The molecule has 0 bridgehead atoms. The van der Waals surface area contributed by atoms with E-state index < -0.39 is 54.4 Å². The van der Waals surface area contributed by atoms with Crippen molar-refractivity contribution >= 4 is 29.2 Å². The molecule has 1 unspecified atom stereocenters. The largest absolute Gasteiger partial charge is 0.317 e. The molecule has 2 aromatic rings. The van der Waals surface area contributed by atoms with Gasteiger partial charge in [0.1, 0.15) is 6.54 Å². The quantitative estimate of drug-likeness (QED) is 0.621. The second-order valence-corrected chi connectivity index (χ2v) is 7.80. The molecule has 1 atom stereocenters. The minimum absolute atomic E-state index is 0.0728. The third-order valence-corrected chi connectivity index (χ3v) is 5.31. The van der Waals surface area contributed by atoms with E-state index in [-0.39, 0.29) is 16.1 Å². The molecule has 0 aliphatic carbocycles. The summed E-state index contributed by atoms with van der Waals surface area (Å²) in [5.74, 6) is -6.85. The summed E-state index contributed by atoms with van der Waals surface area (Å²) in [6, 6.07) is 5.61. The number of anilines is 1. The first-order chi connectivity index (χ1) is 14.4. The Kier molecular flexibility index (Phi) is 5.96. The number of piperazine rings is 1. The van der Waals surface area contributed by atoms with Crippen molar-refractivity contribution in [2.24, 2.45) is 0 Å². The summed E-state index contributed by atoms with van der Waals surface area (Å²) in [7, 11) is 0. The fourth-order valence-corrected chi connectivity index (χ4v) is 3.41. The van der Waals surface area contributed by atoms with Gasteiger partial charge in [0, 0.05) is 25.2 Å². The predicted octanol–water partition coefficient (Wildman–Crippen LogP) is 4.39. The van der Waals surface area contributed by atoms with Crippen molar-refractivity contribution in [1.82, 2.24) is 9.88 Å². The summed E-state index contributed by atoms with van der Waals surface area (Å²) in [6.07, 6.45) is -2.30. The molecule has 1 aliphatic heterocycles. The van der Waals surface area contributed by atoms with E-state index in [2.05, 4.69) is 4.98 Å². The van der Waals surface area contributed by atoms with Crippen LogP contribution >= 0.6 is 11.6 Å². The molecule has 0 N–H and O–H groups in total. The predicted molar refractivity (Wildman–Crippen MR) is 103 cm³/mol. The number of carbonyl (C=O) groups is 2. The van der Waals surface area contributed by atoms with Gasteiger partial charge in [-0.2, -0.15) is 0 Å². The number of halogens is 6. The Labute approximate surface area is 179 Å². The summed E-state index contributed by atoms with van der Waals surface area (Å²) in [4.78, 5) is 30.6. The molecule has 1 aromatic heterocycles. The summed E-state index contributed by atoms with van der Waals surface area (Å²) in [5.41, 5.74) is -2.65. The van der Waals surface area contributed by atoms with Crippen molar-refractivity contribution in [3.05, 3.63) is 58.5 Å². The van der Waals surface area contributed by atoms with Crippen molar-refractivity contribution < 1.29 is 31.5 Å². The molecule has 3 rings (SSSR count). The molecule has 2 heterocycles. The van der Waals surface area contributed by atoms with Gasteiger partial charge in [-0.25, -0.2) is 26.9 Å². The van der Waals surface area contributed by atoms with Crippen LogP contribution < -0.4 is 4.90 Å². The molecule has 1 aliphatic rings. The molecule has 0 radical (unpaired) electrons. The highest BCUT2D eigenvalue weighted by atomic mass is 35.5. The van der Waals surface area contributed by atoms with Crippen LogP contribution in [0.5, 0.6) is 0 Å². The van der Waals surface area contributed by atoms with Gasteiger partial charge in [-0.05, 0) is 18.6 Å². The van der Waals surface area contributed by atoms with E-state index in [1.807, 2.05) is 0 Å². The first-order valence-electron chi connectivity index (χ1n) is 9.04. The highest BCUT2D eigenvalue weighted by Crippen LogP contribution is 2.35. The number of pyridine rings is 1. The van der Waals surface area contributed by atoms with Crippen molar-refractivity contribution in [2.75, 3.05) is 11.4 Å². The Morgan fingerprint density at radius 1 is 1.23 bits per heavy atom. The third-order valence-electron chi connectivity index (χ3n) is 5.10. The van der Waals surface area contributed by atoms with E-state index >= 15 is 0 Å². The van der Waals surface area contributed by atoms with Gasteiger partial charge >= 0.3 is 0 Å². The normalized spacial score (nSPS) is 20.0. The third kappa shape index (κ3) is 4.21. The van der Waals surface area contributed by atoms with Gasteiger partial charge in [0.25, 0.3) is 18.3 Å². The first-order valence-corrected chi connectivity index (χ1v) is 9.42. The maximum absolute atomic E-state index is 14.3. The first kappa shape index (κ1) is 22.9. The standard InChI is InChI=1S/C20H17ClF5N3O2/c1-19(17(23)24)18(31)28(16-14(22)7-13(21)8-27-16)10-15(30)29(19)9-11-3-5-12(6-4-11)20(2,25)26/h3-8,17H,9-10H2,1-2H3. The molecule has 1 aromatic carbocycles. The lowest BCUT2D eigenvalue weighted by atomic mass is 9.93. The number of nitrogens with zero attached hydrogens (tertiary/aromatic N) is 3. The van der Waals surface area contributed by atoms with E-state index in [9.17, 15) is 31.5 Å². The zero-order chi connectivity index (χ0) is 23.1. The number of hydrogen-bond acceptors (Lipinski definition) is 3. The van der Waals surface area contributed by atoms with Crippen LogP contribution in [-0.2, 0) is 22.1 Å². The number of amides is 2. The second-order valence-electron chi connectivity index (χ2n) is 7.36. The number of hydrogen-bond donors (Lipinski definition) is 0. The summed E-state index contributed by atoms with van der Waals surface area (Å²) >= 11 is 5.63. The molecular weight excluding hydrogens is 445 g/mol. The Hall–Kier alpha value is -2.75. The fraction of sp³-hybridized carbons (Fsp3) is 0.350. The zero-order valence-corrected chi connectivity index (χ0v) is 17.1. The van der Waals surface area contributed by atoms with Crippen LogP contribution in [0.3, 0.4) is 0 Å². The van der Waals surface area contributed by atoms with Crippen LogP contribution in [0.25, 0.3) is 0 Å². The van der Waals surface area contributed by atoms with Crippen molar-refractivity contribution in [3.63, 3.8) is 0 Å². The van der Waals surface area contributed by atoms with Gasteiger partial charge in [-0.15, -0.1) is 0 Å². The lowest BCUT2D eigenvalue weighted by Crippen LogP contribution is -2.70. The summed E-state index contributed by atoms with van der Waals surface area (Å²) < 4.78 is 69.2. The Bertz CT molecular complexity index is 1010. The zero-order valence-electron chi connectivity index (χ0n) is 16.4. The minimum Gasteiger partial charge on any atom is -0.317 e. The van der Waals surface area contributed by atoms with Crippen LogP contribution in [0.2, 0.25) is 5.02 Å². The minimum atomic E-state index is -3.32. The highest BCUT2D eigenvalue weighted by Gasteiger charge is 2.56. The van der Waals surface area contributed by atoms with E-state index in [4.69, 9.17) is 11.6 Å². The summed E-state index contributed by atoms with van der Waals surface area (Å²) in [6.45, 7) is 0.427. The summed E-state index contributed by atoms with van der Waals surface area (Å²) in [5, 5.41) is -0.0728. The van der Waals surface area contributed by atoms with E-state index in [1.54, 1.807) is 0 Å². The van der Waals surface area contributed by atoms with Crippen LogP contribution in [0.1, 0.15) is 25.0 Å². The molecule has 5 nitrogen and oxygen atoms in total. The van der Waals surface area contributed by atoms with Gasteiger partial charge in [-0.3, -0.25) is 14.5 Å². The highest BCUT2D eigenvalue weighted by molar-refractivity contribution is 6.30. The average Bonchev–Trinajstić information content (AvgIpc) is 2.68. The number of rotatable bonds is 5. The van der Waals surface area contributed by atoms with E-state index in [0.717, 1.165) is 31.3 Å². The van der Waals surface area contributed by atoms with Crippen LogP contribution in [0.15, 0.2) is 36.5 Å². The molecule has 11 heteroatoms. The maximum Gasteiger partial charge on any atom is 0.270 e. The van der Waals surface area contributed by atoms with E-state index in [1.165, 1.54) is 12.1 Å². The Morgan fingerprint density at radius 2 is 1.84 bits per heavy atom. The van der Waals surface area contributed by atoms with Gasteiger partial charge in [0.2, 0.25) is 5.91 Å². The smallest absolute Gasteiger partial charge is 0.270 e. The average molecular weight is 462 g/mol. The monoisotopic (exact) mass is 461 g/mol. The fourth-order valence-electron chi connectivity index (χ4n) is 3.27. The van der Waals surface area contributed by atoms with Crippen LogP contribution in [-0.4, -0.2) is 40.2 Å². The number of alkyl halides is 4. The van der Waals surface area contributed by atoms with Gasteiger partial charge in [0.05, 0.1) is 5.02 Å². The van der Waals surface area contributed by atoms with E-state index in [0.29, 0.717) is 16.7 Å². The number of carbonyl (C=O) groups excluding carboxylic acids is 2. The van der Waals surface area contributed by atoms with Crippen LogP contribution in [0, 0.1) is 5.82 Å². The molecule has 1 saturated heterocycles. The van der Waals surface area contributed by atoms with Crippen LogP contribution in [0.4, 0.5) is 27.8 Å². The molecule has 0 spiro atoms. The van der Waals surface area contributed by atoms with Gasteiger partial charge in [-0.1, -0.05) is 35.9 Å². The SMILES string of the molecule is CC(F)(F)c1ccc(CN2C(=O)CN(c3ncc(Cl)cc3F)C(=O)C2(C)C(F)F)cc1. The molecule has 0 saturated carbocycles. The van der Waals surface area contributed by atoms with Crippen molar-refractivity contribution in [1.29, 1.82) is 0 Å². The topological polar surface area (TPSA) is 53.5 Å². The maximum atomic E-state index is 14.3. The molecular formula is C20H17ClF5N3O2. The lowest BCUT2D eigenvalue weighted by Gasteiger charge is -2.46. The molecule has 2 amide bonds. The second kappa shape index (κ2) is 8.07. The molecule has 1 fully saturated rings. The molecule has 166 valence electrons. The van der Waals surface area contributed by atoms with Crippen molar-refractivity contribution in [2.45, 2.75) is 38.3 Å². The number of aromatic nitrogens is 1. The number of benzene rings is 1. The lowest BCUT2D eigenvalue weighted by molar-refractivity contribution is -0.161. The van der Waals surface area contributed by atoms with Crippen molar-refractivity contribution in [3.8, 4) is 0 Å².